The average molecular weight is 256 g/mol. The Balaban J connectivity index is 1.88. The average Bonchev–Trinajstić information content (AvgIpc) is 2.41. The van der Waals surface area contributed by atoms with E-state index in [1.165, 1.54) is 0 Å². The molecule has 2 aromatic carbocycles. The van der Waals surface area contributed by atoms with Gasteiger partial charge in [-0.25, -0.2) is 0 Å². The van der Waals surface area contributed by atoms with E-state index in [0.29, 0.717) is 24.2 Å². The largest absolute Gasteiger partial charge is 0.508 e. The van der Waals surface area contributed by atoms with Gasteiger partial charge in [0.2, 0.25) is 0 Å². The number of anilines is 1. The zero-order valence-corrected chi connectivity index (χ0v) is 10.5. The Labute approximate surface area is 111 Å². The molecule has 0 atom stereocenters. The second-order valence-electron chi connectivity index (χ2n) is 4.26. The summed E-state index contributed by atoms with van der Waals surface area (Å²) in [4.78, 5) is 11.8. The zero-order chi connectivity index (χ0) is 13.7. The first kappa shape index (κ1) is 13.0. The van der Waals surface area contributed by atoms with Gasteiger partial charge in [-0.2, -0.15) is 0 Å². The van der Waals surface area contributed by atoms with Crippen LogP contribution in [0.5, 0.6) is 5.75 Å². The van der Waals surface area contributed by atoms with Gasteiger partial charge in [0.1, 0.15) is 5.75 Å². The van der Waals surface area contributed by atoms with E-state index in [1.54, 1.807) is 36.4 Å². The molecule has 0 aliphatic carbocycles. The summed E-state index contributed by atoms with van der Waals surface area (Å²) < 4.78 is 0. The Bertz CT molecular complexity index is 565. The predicted octanol–water partition coefficient (Wildman–Crippen LogP) is 1.95. The van der Waals surface area contributed by atoms with Crippen molar-refractivity contribution in [3.63, 3.8) is 0 Å². The van der Waals surface area contributed by atoms with Crippen molar-refractivity contribution in [3.05, 3.63) is 59.7 Å². The van der Waals surface area contributed by atoms with Crippen LogP contribution in [-0.4, -0.2) is 17.6 Å². The summed E-state index contributed by atoms with van der Waals surface area (Å²) >= 11 is 0. The summed E-state index contributed by atoms with van der Waals surface area (Å²) in [6, 6.07) is 13.9. The Morgan fingerprint density at radius 1 is 1.11 bits per heavy atom. The summed E-state index contributed by atoms with van der Waals surface area (Å²) in [5, 5.41) is 12.4. The van der Waals surface area contributed by atoms with Gasteiger partial charge in [-0.3, -0.25) is 4.79 Å². The molecule has 0 bridgehead atoms. The number of rotatable bonds is 4. The second-order valence-corrected chi connectivity index (χ2v) is 4.26. The first-order valence-electron chi connectivity index (χ1n) is 6.07. The van der Waals surface area contributed by atoms with Crippen LogP contribution < -0.4 is 11.1 Å². The van der Waals surface area contributed by atoms with Gasteiger partial charge in [-0.1, -0.05) is 18.2 Å². The molecule has 0 aromatic heterocycles. The molecule has 0 saturated heterocycles. The molecule has 4 N–H and O–H groups in total. The topological polar surface area (TPSA) is 75.4 Å². The summed E-state index contributed by atoms with van der Waals surface area (Å²) in [5.74, 6) is 0.111. The molecule has 19 heavy (non-hydrogen) atoms. The maximum Gasteiger partial charge on any atom is 0.251 e. The number of nitrogens with two attached hydrogens (primary N) is 1. The van der Waals surface area contributed by atoms with Crippen LogP contribution in [-0.2, 0) is 6.42 Å². The lowest BCUT2D eigenvalue weighted by Gasteiger charge is -2.07. The number of hydrogen-bond acceptors (Lipinski definition) is 3. The van der Waals surface area contributed by atoms with Crippen LogP contribution in [0.3, 0.4) is 0 Å². The van der Waals surface area contributed by atoms with Crippen LogP contribution in [0.15, 0.2) is 48.5 Å². The molecule has 0 fully saturated rings. The fourth-order valence-electron chi connectivity index (χ4n) is 1.77. The second kappa shape index (κ2) is 5.91. The van der Waals surface area contributed by atoms with E-state index in [-0.39, 0.29) is 11.7 Å². The summed E-state index contributed by atoms with van der Waals surface area (Å²) in [6.45, 7) is 0.473. The highest BCUT2D eigenvalue weighted by atomic mass is 16.3. The molecule has 4 nitrogen and oxygen atoms in total. The molecular formula is C15H16N2O2. The molecule has 0 saturated carbocycles. The lowest BCUT2D eigenvalue weighted by Crippen LogP contribution is -2.25. The Morgan fingerprint density at radius 3 is 2.47 bits per heavy atom. The molecule has 98 valence electrons. The highest BCUT2D eigenvalue weighted by Gasteiger charge is 2.05. The fourth-order valence-corrected chi connectivity index (χ4v) is 1.77. The van der Waals surface area contributed by atoms with Crippen molar-refractivity contribution < 1.29 is 9.90 Å². The first-order valence-corrected chi connectivity index (χ1v) is 6.07. The number of hydrogen-bond donors (Lipinski definition) is 3. The highest BCUT2D eigenvalue weighted by Crippen LogP contribution is 2.15. The van der Waals surface area contributed by atoms with Gasteiger partial charge in [0.25, 0.3) is 5.91 Å². The van der Waals surface area contributed by atoms with Crippen molar-refractivity contribution in [2.75, 3.05) is 12.3 Å². The number of benzene rings is 2. The van der Waals surface area contributed by atoms with Gasteiger partial charge in [-0.15, -0.1) is 0 Å². The SMILES string of the molecule is Nc1ccc(C(=O)NCCc2ccccc2O)cc1. The molecule has 4 heteroatoms. The minimum absolute atomic E-state index is 0.143. The minimum atomic E-state index is -0.143. The number of nitrogens with one attached hydrogen (secondary N) is 1. The van der Waals surface area contributed by atoms with Crippen molar-refractivity contribution in [1.82, 2.24) is 5.32 Å². The van der Waals surface area contributed by atoms with E-state index in [4.69, 9.17) is 5.73 Å². The predicted molar refractivity (Wildman–Crippen MR) is 75.0 cm³/mol. The summed E-state index contributed by atoms with van der Waals surface area (Å²) in [5.41, 5.74) is 7.59. The van der Waals surface area contributed by atoms with Gasteiger partial charge >= 0.3 is 0 Å². The first-order chi connectivity index (χ1) is 9.16. The maximum atomic E-state index is 11.8. The fraction of sp³-hybridized carbons (Fsp3) is 0.133. The molecule has 0 aliphatic heterocycles. The molecule has 1 amide bonds. The molecule has 0 heterocycles. The zero-order valence-electron chi connectivity index (χ0n) is 10.5. The number of phenols is 1. The molecular weight excluding hydrogens is 240 g/mol. The third-order valence-corrected chi connectivity index (χ3v) is 2.84. The van der Waals surface area contributed by atoms with Crippen molar-refractivity contribution >= 4 is 11.6 Å². The van der Waals surface area contributed by atoms with Crippen LogP contribution in [0.25, 0.3) is 0 Å². The normalized spacial score (nSPS) is 10.1. The van der Waals surface area contributed by atoms with E-state index < -0.39 is 0 Å². The van der Waals surface area contributed by atoms with Crippen LogP contribution in [0.2, 0.25) is 0 Å². The molecule has 2 aromatic rings. The molecule has 0 radical (unpaired) electrons. The van der Waals surface area contributed by atoms with Crippen LogP contribution in [0.1, 0.15) is 15.9 Å². The Morgan fingerprint density at radius 2 is 1.79 bits per heavy atom. The Kier molecular flexibility index (Phi) is 4.03. The molecule has 0 aliphatic rings. The number of nitrogen functional groups attached to an aromatic ring is 1. The monoisotopic (exact) mass is 256 g/mol. The van der Waals surface area contributed by atoms with E-state index in [1.807, 2.05) is 12.1 Å². The standard InChI is InChI=1S/C15H16N2O2/c16-13-7-5-12(6-8-13)15(19)17-10-9-11-3-1-2-4-14(11)18/h1-8,18H,9-10,16H2,(H,17,19). The number of carbonyl (C=O) groups excluding carboxylic acids is 1. The van der Waals surface area contributed by atoms with E-state index in [0.717, 1.165) is 5.56 Å². The third-order valence-electron chi connectivity index (χ3n) is 2.84. The van der Waals surface area contributed by atoms with Crippen LogP contribution >= 0.6 is 0 Å². The van der Waals surface area contributed by atoms with Crippen LogP contribution in [0.4, 0.5) is 5.69 Å². The van der Waals surface area contributed by atoms with Crippen LogP contribution in [0, 0.1) is 0 Å². The van der Waals surface area contributed by atoms with Crippen molar-refractivity contribution in [3.8, 4) is 5.75 Å². The van der Waals surface area contributed by atoms with Gasteiger partial charge in [0, 0.05) is 17.8 Å². The lowest BCUT2D eigenvalue weighted by atomic mass is 10.1. The van der Waals surface area contributed by atoms with E-state index in [9.17, 15) is 9.90 Å². The van der Waals surface area contributed by atoms with E-state index in [2.05, 4.69) is 5.32 Å². The molecule has 0 unspecified atom stereocenters. The van der Waals surface area contributed by atoms with Gasteiger partial charge in [0.15, 0.2) is 0 Å². The summed E-state index contributed by atoms with van der Waals surface area (Å²) in [7, 11) is 0. The smallest absolute Gasteiger partial charge is 0.251 e. The molecule has 0 spiro atoms. The molecule has 2 rings (SSSR count). The van der Waals surface area contributed by atoms with Crippen molar-refractivity contribution in [2.24, 2.45) is 0 Å². The minimum Gasteiger partial charge on any atom is -0.508 e. The van der Waals surface area contributed by atoms with E-state index >= 15 is 0 Å². The quantitative estimate of drug-likeness (QED) is 0.732. The van der Waals surface area contributed by atoms with Gasteiger partial charge < -0.3 is 16.2 Å². The van der Waals surface area contributed by atoms with Crippen molar-refractivity contribution in [2.45, 2.75) is 6.42 Å². The Hall–Kier alpha value is -2.49. The summed E-state index contributed by atoms with van der Waals surface area (Å²) in [6.07, 6.45) is 0.591. The number of phenolic OH excluding ortho intramolecular Hbond substituents is 1. The van der Waals surface area contributed by atoms with Gasteiger partial charge in [0.05, 0.1) is 0 Å². The third kappa shape index (κ3) is 3.48. The number of carbonyl (C=O) groups is 1. The lowest BCUT2D eigenvalue weighted by molar-refractivity contribution is 0.0954. The highest BCUT2D eigenvalue weighted by molar-refractivity contribution is 5.94. The number of para-hydroxylation sites is 1. The maximum absolute atomic E-state index is 11.8. The van der Waals surface area contributed by atoms with Gasteiger partial charge in [-0.05, 0) is 42.3 Å². The van der Waals surface area contributed by atoms with Crippen molar-refractivity contribution in [1.29, 1.82) is 0 Å². The number of aromatic hydroxyl groups is 1. The number of amides is 1.